The number of aliphatic hydroxyl groups is 10. The first-order valence-electron chi connectivity index (χ1n) is 6.91. The molecule has 0 spiro atoms. The zero-order valence-electron chi connectivity index (χ0n) is 12.3. The highest BCUT2D eigenvalue weighted by molar-refractivity contribution is 4.87. The Bertz CT molecular complexity index is 291. The van der Waals surface area contributed by atoms with Crippen molar-refractivity contribution in [2.75, 3.05) is 26.4 Å². The summed E-state index contributed by atoms with van der Waals surface area (Å²) in [6.07, 6.45) is -10.4. The maximum atomic E-state index is 9.11. The van der Waals surface area contributed by atoms with E-state index >= 15 is 0 Å². The molecule has 0 amide bonds. The lowest BCUT2D eigenvalue weighted by Crippen LogP contribution is -2.46. The fraction of sp³-hybridized carbons (Fsp3) is 1.00. The Labute approximate surface area is 132 Å². The molecule has 0 aromatic heterocycles. The lowest BCUT2D eigenvalue weighted by Gasteiger charge is -2.24. The SMILES string of the molecule is OCC(O)C(O)C(O)C(O)CO.OCC(O)C1OCC(O)C1O. The summed E-state index contributed by atoms with van der Waals surface area (Å²) in [6.45, 7) is -1.93. The molecule has 10 N–H and O–H groups in total. The summed E-state index contributed by atoms with van der Waals surface area (Å²) in [5, 5.41) is 87.7. The first kappa shape index (κ1) is 22.6. The molecule has 8 unspecified atom stereocenters. The molecule has 140 valence electrons. The van der Waals surface area contributed by atoms with Gasteiger partial charge in [0.25, 0.3) is 0 Å². The van der Waals surface area contributed by atoms with Crippen molar-refractivity contribution in [2.45, 2.75) is 48.8 Å². The van der Waals surface area contributed by atoms with Gasteiger partial charge in [-0.1, -0.05) is 0 Å². The summed E-state index contributed by atoms with van der Waals surface area (Å²) in [4.78, 5) is 0. The van der Waals surface area contributed by atoms with Gasteiger partial charge in [-0.2, -0.15) is 0 Å². The number of hydrogen-bond donors (Lipinski definition) is 10. The van der Waals surface area contributed by atoms with Crippen molar-refractivity contribution >= 4 is 0 Å². The summed E-state index contributed by atoms with van der Waals surface area (Å²) in [5.41, 5.74) is 0. The van der Waals surface area contributed by atoms with Crippen LogP contribution in [0.15, 0.2) is 0 Å². The molecule has 1 heterocycles. The third-order valence-electron chi connectivity index (χ3n) is 3.27. The quantitative estimate of drug-likeness (QED) is 0.209. The summed E-state index contributed by atoms with van der Waals surface area (Å²) in [5.74, 6) is 0. The molecule has 0 aliphatic carbocycles. The summed E-state index contributed by atoms with van der Waals surface area (Å²) in [6, 6.07) is 0. The first-order valence-corrected chi connectivity index (χ1v) is 6.91. The van der Waals surface area contributed by atoms with Gasteiger partial charge in [0.2, 0.25) is 0 Å². The molecule has 1 aliphatic rings. The van der Waals surface area contributed by atoms with Gasteiger partial charge in [0.05, 0.1) is 26.4 Å². The minimum absolute atomic E-state index is 0.00287. The van der Waals surface area contributed by atoms with Gasteiger partial charge in [0.15, 0.2) is 0 Å². The molecule has 0 radical (unpaired) electrons. The Morgan fingerprint density at radius 2 is 1.22 bits per heavy atom. The highest BCUT2D eigenvalue weighted by atomic mass is 16.5. The fourth-order valence-corrected chi connectivity index (χ4v) is 1.74. The zero-order chi connectivity index (χ0) is 18.2. The summed E-state index contributed by atoms with van der Waals surface area (Å²) in [7, 11) is 0. The Morgan fingerprint density at radius 3 is 1.48 bits per heavy atom. The monoisotopic (exact) mass is 346 g/mol. The van der Waals surface area contributed by atoms with Crippen LogP contribution in [0.5, 0.6) is 0 Å². The lowest BCUT2D eigenvalue weighted by atomic mass is 10.0. The fourth-order valence-electron chi connectivity index (χ4n) is 1.74. The van der Waals surface area contributed by atoms with Gasteiger partial charge >= 0.3 is 0 Å². The zero-order valence-corrected chi connectivity index (χ0v) is 12.3. The summed E-state index contributed by atoms with van der Waals surface area (Å²) < 4.78 is 4.82. The molecule has 8 atom stereocenters. The number of aliphatic hydroxyl groups excluding tert-OH is 10. The maximum Gasteiger partial charge on any atom is 0.114 e. The Kier molecular flexibility index (Phi) is 11.0. The molecule has 11 nitrogen and oxygen atoms in total. The van der Waals surface area contributed by atoms with Gasteiger partial charge in [-0.15, -0.1) is 0 Å². The number of rotatable bonds is 7. The topological polar surface area (TPSA) is 212 Å². The van der Waals surface area contributed by atoms with Crippen LogP contribution in [-0.4, -0.2) is 126 Å². The molecule has 0 saturated carbocycles. The standard InChI is InChI=1S/C6H14O6.C6H12O5/c7-1-3(9)5(11)6(12)4(10)2-8;7-1-3(8)6-5(10)4(9)2-11-6/h3-12H,1-2H2;3-10H,1-2H2. The lowest BCUT2D eigenvalue weighted by molar-refractivity contribution is -0.123. The second kappa shape index (κ2) is 11.2. The van der Waals surface area contributed by atoms with Gasteiger partial charge in [0.1, 0.15) is 48.8 Å². The van der Waals surface area contributed by atoms with Crippen LogP contribution >= 0.6 is 0 Å². The summed E-state index contributed by atoms with van der Waals surface area (Å²) >= 11 is 0. The van der Waals surface area contributed by atoms with E-state index in [0.29, 0.717) is 0 Å². The van der Waals surface area contributed by atoms with Crippen molar-refractivity contribution in [3.8, 4) is 0 Å². The van der Waals surface area contributed by atoms with Crippen molar-refractivity contribution in [3.05, 3.63) is 0 Å². The molecular weight excluding hydrogens is 320 g/mol. The minimum Gasteiger partial charge on any atom is -0.394 e. The van der Waals surface area contributed by atoms with Crippen LogP contribution in [0.1, 0.15) is 0 Å². The molecule has 0 aromatic carbocycles. The van der Waals surface area contributed by atoms with E-state index < -0.39 is 68.7 Å². The van der Waals surface area contributed by atoms with Crippen LogP contribution in [0.3, 0.4) is 0 Å². The van der Waals surface area contributed by atoms with E-state index in [0.717, 1.165) is 0 Å². The maximum absolute atomic E-state index is 9.11. The predicted octanol–water partition coefficient (Wildman–Crippen LogP) is -6.13. The van der Waals surface area contributed by atoms with E-state index in [2.05, 4.69) is 0 Å². The van der Waals surface area contributed by atoms with E-state index in [1.54, 1.807) is 0 Å². The third kappa shape index (κ3) is 6.91. The van der Waals surface area contributed by atoms with Gasteiger partial charge in [-0.05, 0) is 0 Å². The normalized spacial score (nSPS) is 30.8. The highest BCUT2D eigenvalue weighted by Gasteiger charge is 2.38. The minimum atomic E-state index is -1.67. The van der Waals surface area contributed by atoms with Crippen molar-refractivity contribution < 1.29 is 55.8 Å². The van der Waals surface area contributed by atoms with E-state index in [9.17, 15) is 0 Å². The number of hydrogen-bond acceptors (Lipinski definition) is 11. The van der Waals surface area contributed by atoms with Crippen molar-refractivity contribution in [1.82, 2.24) is 0 Å². The first-order chi connectivity index (χ1) is 10.7. The van der Waals surface area contributed by atoms with Crippen LogP contribution < -0.4 is 0 Å². The van der Waals surface area contributed by atoms with E-state index in [4.69, 9.17) is 55.8 Å². The molecule has 1 fully saturated rings. The largest absolute Gasteiger partial charge is 0.394 e. The van der Waals surface area contributed by atoms with Crippen molar-refractivity contribution in [3.63, 3.8) is 0 Å². The Hall–Kier alpha value is -0.440. The number of ether oxygens (including phenoxy) is 1. The smallest absolute Gasteiger partial charge is 0.114 e. The van der Waals surface area contributed by atoms with E-state index in [1.807, 2.05) is 0 Å². The molecule has 1 aliphatic heterocycles. The van der Waals surface area contributed by atoms with Crippen LogP contribution in [0.2, 0.25) is 0 Å². The van der Waals surface area contributed by atoms with Crippen LogP contribution in [0.25, 0.3) is 0 Å². The van der Waals surface area contributed by atoms with Gasteiger partial charge < -0.3 is 55.8 Å². The average molecular weight is 346 g/mol. The molecule has 0 bridgehead atoms. The van der Waals surface area contributed by atoms with Crippen molar-refractivity contribution in [2.24, 2.45) is 0 Å². The second-order valence-electron chi connectivity index (χ2n) is 5.09. The second-order valence-corrected chi connectivity index (χ2v) is 5.09. The third-order valence-corrected chi connectivity index (χ3v) is 3.27. The van der Waals surface area contributed by atoms with Gasteiger partial charge in [0, 0.05) is 0 Å². The Balaban J connectivity index is 0.000000422. The Morgan fingerprint density at radius 1 is 0.783 bits per heavy atom. The van der Waals surface area contributed by atoms with Gasteiger partial charge in [-0.25, -0.2) is 0 Å². The predicted molar refractivity (Wildman–Crippen MR) is 73.0 cm³/mol. The highest BCUT2D eigenvalue weighted by Crippen LogP contribution is 2.16. The van der Waals surface area contributed by atoms with E-state index in [-0.39, 0.29) is 6.61 Å². The van der Waals surface area contributed by atoms with Crippen molar-refractivity contribution in [1.29, 1.82) is 0 Å². The molecule has 23 heavy (non-hydrogen) atoms. The van der Waals surface area contributed by atoms with Crippen LogP contribution in [0.4, 0.5) is 0 Å². The average Bonchev–Trinajstić information content (AvgIpc) is 2.91. The molecular formula is C12H26O11. The van der Waals surface area contributed by atoms with E-state index in [1.165, 1.54) is 0 Å². The molecule has 1 saturated heterocycles. The van der Waals surface area contributed by atoms with Crippen LogP contribution in [-0.2, 0) is 4.74 Å². The van der Waals surface area contributed by atoms with Crippen LogP contribution in [0, 0.1) is 0 Å². The molecule has 11 heteroatoms. The molecule has 1 rings (SSSR count). The molecule has 0 aromatic rings. The van der Waals surface area contributed by atoms with Gasteiger partial charge in [-0.3, -0.25) is 0 Å².